The first-order valence-corrected chi connectivity index (χ1v) is 8.80. The van der Waals surface area contributed by atoms with Crippen LogP contribution < -0.4 is 0 Å². The molecule has 2 aromatic rings. The molecule has 1 aliphatic rings. The second-order valence-corrected chi connectivity index (χ2v) is 7.67. The van der Waals surface area contributed by atoms with Crippen molar-refractivity contribution in [2.24, 2.45) is 7.05 Å². The summed E-state index contributed by atoms with van der Waals surface area (Å²) in [5, 5.41) is 4.14. The van der Waals surface area contributed by atoms with E-state index in [1.807, 2.05) is 13.8 Å². The topological polar surface area (TPSA) is 81.2 Å². The van der Waals surface area contributed by atoms with Crippen LogP contribution >= 0.6 is 0 Å². The molecule has 0 N–H and O–H groups in total. The van der Waals surface area contributed by atoms with E-state index in [0.717, 1.165) is 18.5 Å². The van der Waals surface area contributed by atoms with Gasteiger partial charge in [0.25, 0.3) is 10.0 Å². The fourth-order valence-corrected chi connectivity index (χ4v) is 4.48. The molecule has 1 fully saturated rings. The molecule has 0 aliphatic carbocycles. The van der Waals surface area contributed by atoms with Crippen LogP contribution in [0.4, 0.5) is 0 Å². The van der Waals surface area contributed by atoms with Crippen molar-refractivity contribution in [3.8, 4) is 0 Å². The summed E-state index contributed by atoms with van der Waals surface area (Å²) < 4.78 is 34.1. The summed E-state index contributed by atoms with van der Waals surface area (Å²) in [6.45, 7) is 4.53. The van der Waals surface area contributed by atoms with E-state index in [4.69, 9.17) is 4.42 Å². The highest BCUT2D eigenvalue weighted by Gasteiger charge is 2.40. The highest BCUT2D eigenvalue weighted by Crippen LogP contribution is 2.36. The van der Waals surface area contributed by atoms with Gasteiger partial charge < -0.3 is 4.42 Å². The maximum absolute atomic E-state index is 12.8. The van der Waals surface area contributed by atoms with Crippen molar-refractivity contribution in [1.29, 1.82) is 0 Å². The minimum absolute atomic E-state index is 0.190. The molecule has 22 heavy (non-hydrogen) atoms. The summed E-state index contributed by atoms with van der Waals surface area (Å²) in [5.41, 5.74) is 0.847. The Morgan fingerprint density at radius 1 is 1.41 bits per heavy atom. The molecule has 1 aliphatic heterocycles. The SMILES string of the molecule is CC(C)c1coc([C@@H]2CCCN2S(=O)(=O)c2ccnn2C)n1. The zero-order valence-electron chi connectivity index (χ0n) is 12.9. The van der Waals surface area contributed by atoms with Crippen molar-refractivity contribution in [2.75, 3.05) is 6.54 Å². The summed E-state index contributed by atoms with van der Waals surface area (Å²) in [6, 6.07) is 1.17. The largest absolute Gasteiger partial charge is 0.447 e. The number of nitrogens with zero attached hydrogens (tertiary/aromatic N) is 4. The van der Waals surface area contributed by atoms with Crippen LogP contribution in [0.3, 0.4) is 0 Å². The van der Waals surface area contributed by atoms with E-state index >= 15 is 0 Å². The summed E-state index contributed by atoms with van der Waals surface area (Å²) in [7, 11) is -1.98. The Bertz CT molecular complexity index is 763. The maximum atomic E-state index is 12.8. The van der Waals surface area contributed by atoms with Gasteiger partial charge in [0.2, 0.25) is 5.89 Å². The Morgan fingerprint density at radius 2 is 2.18 bits per heavy atom. The average Bonchev–Trinajstić information content (AvgIpc) is 3.18. The van der Waals surface area contributed by atoms with Crippen molar-refractivity contribution < 1.29 is 12.8 Å². The predicted molar refractivity (Wildman–Crippen MR) is 79.7 cm³/mol. The average molecular weight is 324 g/mol. The van der Waals surface area contributed by atoms with E-state index in [-0.39, 0.29) is 17.0 Å². The van der Waals surface area contributed by atoms with Crippen LogP contribution in [-0.4, -0.2) is 34.0 Å². The van der Waals surface area contributed by atoms with Gasteiger partial charge in [-0.2, -0.15) is 9.40 Å². The number of aromatic nitrogens is 3. The Hall–Kier alpha value is -1.67. The molecule has 0 spiro atoms. The van der Waals surface area contributed by atoms with Gasteiger partial charge in [-0.25, -0.2) is 13.4 Å². The Balaban J connectivity index is 1.94. The minimum atomic E-state index is -3.60. The summed E-state index contributed by atoms with van der Waals surface area (Å²) in [5.74, 6) is 0.730. The van der Waals surface area contributed by atoms with Gasteiger partial charge in [0.05, 0.1) is 11.9 Å². The third-order valence-corrected chi connectivity index (χ3v) is 5.95. The fourth-order valence-electron chi connectivity index (χ4n) is 2.73. The summed E-state index contributed by atoms with van der Waals surface area (Å²) in [4.78, 5) is 4.46. The molecule has 1 saturated heterocycles. The molecule has 120 valence electrons. The molecule has 0 radical (unpaired) electrons. The van der Waals surface area contributed by atoms with E-state index < -0.39 is 10.0 Å². The standard InChI is InChI=1S/C14H20N4O3S/c1-10(2)11-9-21-14(16-11)12-5-4-8-18(12)22(19,20)13-6-7-15-17(13)3/h6-7,9-10,12H,4-5,8H2,1-3H3/t12-/m0/s1. The van der Waals surface area contributed by atoms with E-state index in [0.29, 0.717) is 12.4 Å². The Labute approximate surface area is 130 Å². The number of oxazole rings is 1. The van der Waals surface area contributed by atoms with Gasteiger partial charge in [-0.15, -0.1) is 0 Å². The number of sulfonamides is 1. The molecule has 0 unspecified atom stereocenters. The lowest BCUT2D eigenvalue weighted by Gasteiger charge is -2.21. The van der Waals surface area contributed by atoms with Crippen LogP contribution in [0.5, 0.6) is 0 Å². The molecule has 7 nitrogen and oxygen atoms in total. The third kappa shape index (κ3) is 2.46. The number of rotatable bonds is 4. The van der Waals surface area contributed by atoms with Crippen LogP contribution in [0.2, 0.25) is 0 Å². The zero-order chi connectivity index (χ0) is 15.9. The zero-order valence-corrected chi connectivity index (χ0v) is 13.7. The second kappa shape index (κ2) is 5.51. The first-order valence-electron chi connectivity index (χ1n) is 7.36. The molecular weight excluding hydrogens is 304 g/mol. The van der Waals surface area contributed by atoms with Crippen LogP contribution in [0.1, 0.15) is 50.2 Å². The van der Waals surface area contributed by atoms with Crippen molar-refractivity contribution in [3.05, 3.63) is 30.1 Å². The second-order valence-electron chi connectivity index (χ2n) is 5.83. The molecule has 3 rings (SSSR count). The normalized spacial score (nSPS) is 20.1. The van der Waals surface area contributed by atoms with E-state index in [1.165, 1.54) is 21.3 Å². The van der Waals surface area contributed by atoms with Crippen molar-refractivity contribution in [2.45, 2.75) is 43.7 Å². The lowest BCUT2D eigenvalue weighted by Crippen LogP contribution is -2.32. The molecule has 0 aromatic carbocycles. The Kier molecular flexibility index (Phi) is 3.82. The van der Waals surface area contributed by atoms with Gasteiger partial charge in [-0.05, 0) is 24.8 Å². The predicted octanol–water partition coefficient (Wildman–Crippen LogP) is 2.06. The number of hydrogen-bond donors (Lipinski definition) is 0. The molecule has 0 bridgehead atoms. The molecule has 0 saturated carbocycles. The molecule has 0 amide bonds. The Morgan fingerprint density at radius 3 is 2.77 bits per heavy atom. The number of aryl methyl sites for hydroxylation is 1. The smallest absolute Gasteiger partial charge is 0.260 e. The lowest BCUT2D eigenvalue weighted by molar-refractivity contribution is 0.327. The minimum Gasteiger partial charge on any atom is -0.447 e. The van der Waals surface area contributed by atoms with Gasteiger partial charge in [0.1, 0.15) is 12.3 Å². The quantitative estimate of drug-likeness (QED) is 0.860. The van der Waals surface area contributed by atoms with Crippen LogP contribution in [0.25, 0.3) is 0 Å². The van der Waals surface area contributed by atoms with Gasteiger partial charge in [0, 0.05) is 13.6 Å². The molecular formula is C14H20N4O3S. The van der Waals surface area contributed by atoms with E-state index in [2.05, 4.69) is 10.1 Å². The van der Waals surface area contributed by atoms with Gasteiger partial charge in [0.15, 0.2) is 5.03 Å². The van der Waals surface area contributed by atoms with Crippen LogP contribution in [0.15, 0.2) is 28.0 Å². The van der Waals surface area contributed by atoms with Crippen LogP contribution in [0, 0.1) is 0 Å². The molecule has 8 heteroatoms. The third-order valence-electron chi connectivity index (χ3n) is 3.97. The highest BCUT2D eigenvalue weighted by molar-refractivity contribution is 7.89. The molecule has 3 heterocycles. The van der Waals surface area contributed by atoms with Crippen molar-refractivity contribution >= 4 is 10.0 Å². The van der Waals surface area contributed by atoms with Crippen molar-refractivity contribution in [1.82, 2.24) is 19.1 Å². The highest BCUT2D eigenvalue weighted by atomic mass is 32.2. The van der Waals surface area contributed by atoms with Crippen molar-refractivity contribution in [3.63, 3.8) is 0 Å². The monoisotopic (exact) mass is 324 g/mol. The summed E-state index contributed by atoms with van der Waals surface area (Å²) >= 11 is 0. The van der Waals surface area contributed by atoms with Crippen LogP contribution in [-0.2, 0) is 17.1 Å². The first-order chi connectivity index (χ1) is 10.4. The number of hydrogen-bond acceptors (Lipinski definition) is 5. The van der Waals surface area contributed by atoms with E-state index in [1.54, 1.807) is 13.3 Å². The molecule has 1 atom stereocenters. The maximum Gasteiger partial charge on any atom is 0.260 e. The molecule has 2 aromatic heterocycles. The van der Waals surface area contributed by atoms with Gasteiger partial charge in [-0.1, -0.05) is 13.8 Å². The first kappa shape index (κ1) is 15.2. The summed E-state index contributed by atoms with van der Waals surface area (Å²) in [6.07, 6.45) is 4.61. The lowest BCUT2D eigenvalue weighted by atomic mass is 10.1. The van der Waals surface area contributed by atoms with Gasteiger partial charge in [-0.3, -0.25) is 4.68 Å². The fraction of sp³-hybridized carbons (Fsp3) is 0.571. The van der Waals surface area contributed by atoms with Gasteiger partial charge >= 0.3 is 0 Å². The van der Waals surface area contributed by atoms with E-state index in [9.17, 15) is 8.42 Å².